The van der Waals surface area contributed by atoms with E-state index in [1.807, 2.05) is 25.7 Å². The normalized spacial score (nSPS) is 21.2. The van der Waals surface area contributed by atoms with E-state index in [0.29, 0.717) is 77.8 Å². The fourth-order valence-corrected chi connectivity index (χ4v) is 12.2. The van der Waals surface area contributed by atoms with Crippen LogP contribution in [0.15, 0.2) is 40.6 Å². The summed E-state index contributed by atoms with van der Waals surface area (Å²) in [5.41, 5.74) is 9.87. The Bertz CT molecular complexity index is 3010. The Hall–Kier alpha value is -6.68. The predicted octanol–water partition coefficient (Wildman–Crippen LogP) is 5.91. The summed E-state index contributed by atoms with van der Waals surface area (Å²) >= 11 is 2.69. The molecule has 6 aromatic rings. The molecule has 0 radical (unpaired) electrons. The highest BCUT2D eigenvalue weighted by Crippen LogP contribution is 2.48. The molecule has 7 heterocycles. The first-order valence-electron chi connectivity index (χ1n) is 24.4. The summed E-state index contributed by atoms with van der Waals surface area (Å²) in [6.45, 7) is 11.3. The molecule has 2 unspecified atom stereocenters. The lowest BCUT2D eigenvalue weighted by atomic mass is 9.72. The predicted molar refractivity (Wildman–Crippen MR) is 267 cm³/mol. The van der Waals surface area contributed by atoms with Crippen molar-refractivity contribution in [1.82, 2.24) is 55.2 Å². The number of anilines is 2. The highest BCUT2D eigenvalue weighted by Gasteiger charge is 2.45. The number of β-amino-alcohol motifs (C(OH)–C–C–N with tert-alkyl or cyclic N) is 1. The van der Waals surface area contributed by atoms with Gasteiger partial charge in [-0.1, -0.05) is 35.4 Å². The Morgan fingerprint density at radius 2 is 1.96 bits per heavy atom. The average molecular weight is 1040 g/mol. The van der Waals surface area contributed by atoms with Gasteiger partial charge in [-0.3, -0.25) is 14.5 Å². The molecule has 2 aliphatic heterocycles. The summed E-state index contributed by atoms with van der Waals surface area (Å²) in [5, 5.41) is 47.4. The number of carbonyl (C=O) groups is 2. The number of aromatic nitrogens is 8. The zero-order valence-corrected chi connectivity index (χ0v) is 42.8. The molecule has 0 saturated carbocycles. The molecular formula is C49H58F2N14O6S2. The molecule has 2 fully saturated rings. The van der Waals surface area contributed by atoms with Gasteiger partial charge in [-0.2, -0.15) is 10.2 Å². The van der Waals surface area contributed by atoms with Crippen molar-refractivity contribution >= 4 is 45.4 Å². The number of nitrogens with zero attached hydrogens (tertiary/aromatic N) is 12. The number of aromatic hydroxyl groups is 1. The molecule has 73 heavy (non-hydrogen) atoms. The fraction of sp³-hybridized carbons (Fsp3) is 0.510. The van der Waals surface area contributed by atoms with Crippen molar-refractivity contribution in [2.75, 3.05) is 56.5 Å². The number of unbranched alkanes of at least 4 members (excludes halogenated alkanes) is 1. The minimum absolute atomic E-state index is 0.0141. The van der Waals surface area contributed by atoms with E-state index in [4.69, 9.17) is 25.0 Å². The number of thiophene rings is 1. The smallest absolute Gasteiger partial charge is 0.253 e. The maximum Gasteiger partial charge on any atom is 0.253 e. The maximum absolute atomic E-state index is 15.5. The Kier molecular flexibility index (Phi) is 15.0. The lowest BCUT2D eigenvalue weighted by molar-refractivity contribution is -0.142. The quantitative estimate of drug-likeness (QED) is 0.0821. The van der Waals surface area contributed by atoms with Crippen molar-refractivity contribution in [2.45, 2.75) is 109 Å². The molecule has 386 valence electrons. The van der Waals surface area contributed by atoms with Crippen LogP contribution in [-0.4, -0.2) is 136 Å². The molecule has 1 aromatic carbocycles. The van der Waals surface area contributed by atoms with Gasteiger partial charge in [-0.05, 0) is 77.5 Å². The molecule has 5 N–H and O–H groups in total. The highest BCUT2D eigenvalue weighted by molar-refractivity contribution is 7.16. The number of ether oxygens (including phenoxy) is 1. The van der Waals surface area contributed by atoms with Crippen LogP contribution in [-0.2, 0) is 21.4 Å². The second-order valence-corrected chi connectivity index (χ2v) is 21.5. The molecule has 3 aliphatic rings. The molecule has 1 aliphatic carbocycles. The number of aryl methyl sites for hydroxylation is 2. The first kappa shape index (κ1) is 51.2. The van der Waals surface area contributed by atoms with E-state index in [1.54, 1.807) is 37.7 Å². The molecule has 20 nitrogen and oxygen atoms in total. The number of fused-ring (bicyclic) bond motifs is 1. The van der Waals surface area contributed by atoms with Gasteiger partial charge in [0.15, 0.2) is 11.6 Å². The van der Waals surface area contributed by atoms with Crippen LogP contribution >= 0.6 is 22.7 Å². The number of phenols is 1. The van der Waals surface area contributed by atoms with E-state index in [1.165, 1.54) is 44.5 Å². The Labute approximate surface area is 428 Å². The molecule has 24 heteroatoms. The molecular weight excluding hydrogens is 983 g/mol. The number of hydrogen-bond acceptors (Lipinski definition) is 19. The number of likely N-dealkylation sites (tertiary alicyclic amines) is 1. The molecule has 2 saturated heterocycles. The summed E-state index contributed by atoms with van der Waals surface area (Å²) < 4.78 is 44.1. The average Bonchev–Trinajstić information content (AvgIpc) is 4.22. The van der Waals surface area contributed by atoms with E-state index in [-0.39, 0.29) is 54.8 Å². The van der Waals surface area contributed by atoms with Gasteiger partial charge < -0.3 is 40.3 Å². The summed E-state index contributed by atoms with van der Waals surface area (Å²) in [6.07, 6.45) is 4.77. The number of hydrogen-bond donors (Lipinski definition) is 4. The number of halogens is 2. The number of carbonyl (C=O) groups excluding carboxylic acids is 2. The first-order chi connectivity index (χ1) is 35.0. The third-order valence-electron chi connectivity index (χ3n) is 14.0. The standard InChI is InChI=1S/C49H58F2N14O6S2/c1-26(2)40(46(69)64-23-30(66)19-35(64)45(68)56-27(3)31-10-11-32(39(51)41(31)67)42-28(4)55-25-72-42)65-24-37(59-61-65)70-18-7-6-15-62-16-17-63(22-29(50)21-62)48-54-14-12-34(57-48)44-58-47(71-60-44)49(5)13-8-9-36-38(49)33(20-52)43(53)73-36/h10-12,14,24-27,29-30,35,40,66-67H,6-9,13,15-19,21-23,53H2,1-5H3,(H,56,68)/t27-,29?,30?,35-,40-,49-/m0/s1. The van der Waals surface area contributed by atoms with Crippen LogP contribution in [0.25, 0.3) is 22.0 Å². The highest BCUT2D eigenvalue weighted by atomic mass is 32.1. The Balaban J connectivity index is 0.757. The topological polar surface area (TPSA) is 264 Å². The van der Waals surface area contributed by atoms with Crippen molar-refractivity contribution in [3.63, 3.8) is 0 Å². The lowest BCUT2D eigenvalue weighted by Gasteiger charge is -2.30. The summed E-state index contributed by atoms with van der Waals surface area (Å²) in [6, 6.07) is 4.28. The Morgan fingerprint density at radius 3 is 2.73 bits per heavy atom. The van der Waals surface area contributed by atoms with Gasteiger partial charge in [0.2, 0.25) is 29.5 Å². The summed E-state index contributed by atoms with van der Waals surface area (Å²) in [4.78, 5) is 52.9. The van der Waals surface area contributed by atoms with Crippen molar-refractivity contribution in [2.24, 2.45) is 5.92 Å². The zero-order chi connectivity index (χ0) is 51.7. The number of alkyl halides is 1. The molecule has 5 aromatic heterocycles. The SMILES string of the molecule is Cc1ncsc1-c1ccc([C@H](C)NC(=O)[C@@H]2CC(O)CN2C(=O)[C@H](C(C)C)n2cc(OCCCCN3CCN(c4nccc(-c5noc([C@@]6(C)CCCc7sc(N)c(C#N)c76)n5)n4)CC(F)C3)nn2)c(O)c1F. The van der Waals surface area contributed by atoms with Gasteiger partial charge >= 0.3 is 0 Å². The van der Waals surface area contributed by atoms with Crippen molar-refractivity contribution in [1.29, 1.82) is 5.26 Å². The van der Waals surface area contributed by atoms with Crippen LogP contribution in [0.5, 0.6) is 11.6 Å². The molecule has 0 bridgehead atoms. The number of amides is 2. The lowest BCUT2D eigenvalue weighted by Crippen LogP contribution is -2.49. The van der Waals surface area contributed by atoms with E-state index < -0.39 is 59.2 Å². The first-order valence-corrected chi connectivity index (χ1v) is 26.1. The molecule has 2 amide bonds. The monoisotopic (exact) mass is 1040 g/mol. The Morgan fingerprint density at radius 1 is 1.14 bits per heavy atom. The third kappa shape index (κ3) is 10.4. The summed E-state index contributed by atoms with van der Waals surface area (Å²) in [7, 11) is 0. The third-order valence-corrected chi connectivity index (χ3v) is 16.0. The summed E-state index contributed by atoms with van der Waals surface area (Å²) in [5.74, 6) is -1.51. The number of nitrogen functional groups attached to an aromatic ring is 1. The van der Waals surface area contributed by atoms with Crippen LogP contribution in [0.3, 0.4) is 0 Å². The van der Waals surface area contributed by atoms with E-state index in [0.717, 1.165) is 29.7 Å². The van der Waals surface area contributed by atoms with E-state index >= 15 is 8.78 Å². The number of aliphatic hydroxyl groups is 1. The molecule has 0 spiro atoms. The van der Waals surface area contributed by atoms with Gasteiger partial charge in [0.1, 0.15) is 35.0 Å². The van der Waals surface area contributed by atoms with E-state index in [9.17, 15) is 25.1 Å². The zero-order valence-electron chi connectivity index (χ0n) is 41.2. The van der Waals surface area contributed by atoms with Crippen LogP contribution in [0, 0.1) is 30.0 Å². The van der Waals surface area contributed by atoms with Gasteiger partial charge in [0.05, 0.1) is 58.6 Å². The number of benzene rings is 1. The fourth-order valence-electron chi connectivity index (χ4n) is 10.2. The number of nitrogens with one attached hydrogen (secondary N) is 1. The van der Waals surface area contributed by atoms with Crippen molar-refractivity contribution in [3.8, 4) is 39.7 Å². The van der Waals surface area contributed by atoms with Gasteiger partial charge in [0, 0.05) is 60.4 Å². The number of thiazole rings is 1. The van der Waals surface area contributed by atoms with Gasteiger partial charge in [0.25, 0.3) is 5.88 Å². The van der Waals surface area contributed by atoms with Gasteiger partial charge in [-0.25, -0.2) is 28.4 Å². The second kappa shape index (κ2) is 21.4. The van der Waals surface area contributed by atoms with Crippen molar-refractivity contribution < 1.29 is 37.8 Å². The van der Waals surface area contributed by atoms with Gasteiger partial charge in [-0.15, -0.1) is 22.7 Å². The minimum Gasteiger partial charge on any atom is -0.505 e. The number of aliphatic hydroxyl groups excluding tert-OH is 1. The minimum atomic E-state index is -1.16. The molecule has 6 atom stereocenters. The number of rotatable bonds is 16. The maximum atomic E-state index is 15.5. The second-order valence-electron chi connectivity index (χ2n) is 19.5. The number of phenolic OH excluding ortho intramolecular Hbond substituents is 1. The van der Waals surface area contributed by atoms with Crippen LogP contribution in [0.4, 0.5) is 19.7 Å². The number of nitrogens with two attached hydrogens (primary N) is 1. The van der Waals surface area contributed by atoms with Crippen LogP contribution < -0.4 is 20.7 Å². The van der Waals surface area contributed by atoms with E-state index in [2.05, 4.69) is 41.7 Å². The molecule has 9 rings (SSSR count). The van der Waals surface area contributed by atoms with Crippen LogP contribution in [0.1, 0.15) is 105 Å². The number of nitriles is 1. The largest absolute Gasteiger partial charge is 0.505 e. The van der Waals surface area contributed by atoms with Crippen LogP contribution in [0.2, 0.25) is 0 Å². The van der Waals surface area contributed by atoms with Crippen molar-refractivity contribution in [3.05, 3.63) is 75.1 Å².